The molecule has 4 nitrogen and oxygen atoms in total. The fourth-order valence-electron chi connectivity index (χ4n) is 1.77. The molecule has 96 valence electrons. The fourth-order valence-corrected chi connectivity index (χ4v) is 2.41. The summed E-state index contributed by atoms with van der Waals surface area (Å²) in [5.74, 6) is 0. The van der Waals surface area contributed by atoms with Crippen molar-refractivity contribution in [3.63, 3.8) is 0 Å². The second-order valence-electron chi connectivity index (χ2n) is 4.23. The second-order valence-corrected chi connectivity index (χ2v) is 5.76. The molecule has 0 saturated carbocycles. The van der Waals surface area contributed by atoms with Crippen LogP contribution in [0.4, 0.5) is 5.69 Å². The Morgan fingerprint density at radius 3 is 2.41 bits per heavy atom. The van der Waals surface area contributed by atoms with E-state index in [1.54, 1.807) is 12.1 Å². The summed E-state index contributed by atoms with van der Waals surface area (Å²) in [7, 11) is -3.70. The van der Waals surface area contributed by atoms with Gasteiger partial charge in [0.25, 0.3) is 0 Å². The molecule has 0 radical (unpaired) electrons. The van der Waals surface area contributed by atoms with Crippen molar-refractivity contribution in [2.45, 2.75) is 43.9 Å². The van der Waals surface area contributed by atoms with Crippen LogP contribution < -0.4 is 10.9 Å². The van der Waals surface area contributed by atoms with Gasteiger partial charge in [0.1, 0.15) is 4.90 Å². The van der Waals surface area contributed by atoms with Crippen LogP contribution in [0.2, 0.25) is 0 Å². The van der Waals surface area contributed by atoms with Crippen molar-refractivity contribution in [2.75, 3.05) is 5.73 Å². The number of sulfonamides is 1. The van der Waals surface area contributed by atoms with E-state index in [0.717, 1.165) is 18.4 Å². The van der Waals surface area contributed by atoms with Crippen LogP contribution in [0.1, 0.15) is 38.2 Å². The number of anilines is 1. The zero-order valence-corrected chi connectivity index (χ0v) is 11.0. The maximum atomic E-state index is 11.2. The zero-order chi connectivity index (χ0) is 12.9. The number of benzene rings is 1. The van der Waals surface area contributed by atoms with Crippen molar-refractivity contribution < 1.29 is 8.42 Å². The monoisotopic (exact) mass is 256 g/mol. The molecule has 0 fully saturated rings. The van der Waals surface area contributed by atoms with E-state index in [2.05, 4.69) is 6.92 Å². The highest BCUT2D eigenvalue weighted by atomic mass is 32.2. The molecule has 0 spiro atoms. The summed E-state index contributed by atoms with van der Waals surface area (Å²) in [6, 6.07) is 4.97. The Hall–Kier alpha value is -1.07. The second kappa shape index (κ2) is 6.02. The van der Waals surface area contributed by atoms with Crippen LogP contribution >= 0.6 is 0 Å². The number of unbranched alkanes of at least 4 members (excludes halogenated alkanes) is 3. The summed E-state index contributed by atoms with van der Waals surface area (Å²) in [4.78, 5) is 0.00908. The first-order valence-electron chi connectivity index (χ1n) is 5.86. The smallest absolute Gasteiger partial charge is 0.240 e. The molecule has 0 aromatic heterocycles. The number of aryl methyl sites for hydroxylation is 1. The van der Waals surface area contributed by atoms with Gasteiger partial charge < -0.3 is 5.73 Å². The predicted octanol–water partition coefficient (Wildman–Crippen LogP) is 2.04. The van der Waals surface area contributed by atoms with Crippen molar-refractivity contribution >= 4 is 15.7 Å². The summed E-state index contributed by atoms with van der Waals surface area (Å²) in [5.41, 5.74) is 6.98. The van der Waals surface area contributed by atoms with E-state index >= 15 is 0 Å². The van der Waals surface area contributed by atoms with Crippen LogP contribution in [0.15, 0.2) is 23.1 Å². The lowest BCUT2D eigenvalue weighted by atomic mass is 10.1. The molecular weight excluding hydrogens is 236 g/mol. The molecule has 1 aromatic rings. The first-order chi connectivity index (χ1) is 7.95. The lowest BCUT2D eigenvalue weighted by Crippen LogP contribution is -2.14. The van der Waals surface area contributed by atoms with E-state index in [1.165, 1.54) is 25.3 Å². The molecule has 0 heterocycles. The average Bonchev–Trinajstić information content (AvgIpc) is 2.23. The molecule has 1 rings (SSSR count). The van der Waals surface area contributed by atoms with Gasteiger partial charge in [0.2, 0.25) is 10.0 Å². The highest BCUT2D eigenvalue weighted by Crippen LogP contribution is 2.19. The average molecular weight is 256 g/mol. The lowest BCUT2D eigenvalue weighted by Gasteiger charge is -2.06. The normalized spacial score (nSPS) is 11.6. The molecule has 0 amide bonds. The molecule has 5 heteroatoms. The summed E-state index contributed by atoms with van der Waals surface area (Å²) < 4.78 is 22.3. The van der Waals surface area contributed by atoms with Crippen LogP contribution in [0.25, 0.3) is 0 Å². The highest BCUT2D eigenvalue weighted by Gasteiger charge is 2.11. The van der Waals surface area contributed by atoms with Gasteiger partial charge in [0, 0.05) is 0 Å². The Kier molecular flexibility index (Phi) is 4.96. The summed E-state index contributed by atoms with van der Waals surface area (Å²) in [5, 5.41) is 5.04. The standard InChI is InChI=1S/C12H20N2O2S/c1-2-3-4-5-6-10-7-8-12(11(13)9-10)17(14,15)16/h7-9H,2-6,13H2,1H3,(H2,14,15,16). The SMILES string of the molecule is CCCCCCc1ccc(S(N)(=O)=O)c(N)c1. The number of nitrogens with two attached hydrogens (primary N) is 2. The van der Waals surface area contributed by atoms with Gasteiger partial charge in [0.15, 0.2) is 0 Å². The van der Waals surface area contributed by atoms with Crippen LogP contribution in [0.5, 0.6) is 0 Å². The summed E-state index contributed by atoms with van der Waals surface area (Å²) in [6.07, 6.45) is 5.64. The molecule has 0 aliphatic rings. The number of hydrogen-bond donors (Lipinski definition) is 2. The Morgan fingerprint density at radius 2 is 1.88 bits per heavy atom. The van der Waals surface area contributed by atoms with E-state index in [-0.39, 0.29) is 10.6 Å². The quantitative estimate of drug-likeness (QED) is 0.603. The Morgan fingerprint density at radius 1 is 1.18 bits per heavy atom. The third kappa shape index (κ3) is 4.36. The first-order valence-corrected chi connectivity index (χ1v) is 7.41. The molecule has 0 aliphatic carbocycles. The summed E-state index contributed by atoms with van der Waals surface area (Å²) >= 11 is 0. The minimum Gasteiger partial charge on any atom is -0.398 e. The van der Waals surface area contributed by atoms with Gasteiger partial charge in [-0.2, -0.15) is 0 Å². The van der Waals surface area contributed by atoms with Crippen molar-refractivity contribution in [3.05, 3.63) is 23.8 Å². The molecule has 17 heavy (non-hydrogen) atoms. The van der Waals surface area contributed by atoms with Gasteiger partial charge in [0.05, 0.1) is 5.69 Å². The Bertz CT molecular complexity index is 469. The minimum atomic E-state index is -3.70. The van der Waals surface area contributed by atoms with Crippen molar-refractivity contribution in [3.8, 4) is 0 Å². The van der Waals surface area contributed by atoms with Gasteiger partial charge in [-0.25, -0.2) is 13.6 Å². The van der Waals surface area contributed by atoms with Crippen molar-refractivity contribution in [2.24, 2.45) is 5.14 Å². The van der Waals surface area contributed by atoms with E-state index < -0.39 is 10.0 Å². The van der Waals surface area contributed by atoms with Crippen molar-refractivity contribution in [1.29, 1.82) is 0 Å². The van der Waals surface area contributed by atoms with E-state index in [4.69, 9.17) is 10.9 Å². The lowest BCUT2D eigenvalue weighted by molar-refractivity contribution is 0.598. The number of rotatable bonds is 6. The number of primary sulfonamides is 1. The largest absolute Gasteiger partial charge is 0.398 e. The third-order valence-electron chi connectivity index (χ3n) is 2.70. The van der Waals surface area contributed by atoms with Gasteiger partial charge >= 0.3 is 0 Å². The first kappa shape index (κ1) is 14.0. The van der Waals surface area contributed by atoms with E-state index in [1.807, 2.05) is 0 Å². The molecule has 1 aromatic carbocycles. The van der Waals surface area contributed by atoms with Gasteiger partial charge in [-0.3, -0.25) is 0 Å². The van der Waals surface area contributed by atoms with Gasteiger partial charge in [-0.15, -0.1) is 0 Å². The third-order valence-corrected chi connectivity index (χ3v) is 3.68. The minimum absolute atomic E-state index is 0.00908. The van der Waals surface area contributed by atoms with Gasteiger partial charge in [-0.1, -0.05) is 32.3 Å². The molecule has 0 unspecified atom stereocenters. The molecule has 0 aliphatic heterocycles. The van der Waals surface area contributed by atoms with Crippen LogP contribution in [0.3, 0.4) is 0 Å². The van der Waals surface area contributed by atoms with Crippen LogP contribution in [-0.2, 0) is 16.4 Å². The topological polar surface area (TPSA) is 86.2 Å². The van der Waals surface area contributed by atoms with Crippen LogP contribution in [-0.4, -0.2) is 8.42 Å². The van der Waals surface area contributed by atoms with Crippen molar-refractivity contribution in [1.82, 2.24) is 0 Å². The molecule has 0 bridgehead atoms. The molecular formula is C12H20N2O2S. The van der Waals surface area contributed by atoms with E-state index in [9.17, 15) is 8.42 Å². The molecule has 4 N–H and O–H groups in total. The maximum Gasteiger partial charge on any atom is 0.240 e. The fraction of sp³-hybridized carbons (Fsp3) is 0.500. The molecule has 0 saturated heterocycles. The zero-order valence-electron chi connectivity index (χ0n) is 10.1. The maximum absolute atomic E-state index is 11.2. The van der Waals surface area contributed by atoms with E-state index in [0.29, 0.717) is 0 Å². The Labute approximate surface area is 103 Å². The van der Waals surface area contributed by atoms with Crippen LogP contribution in [0, 0.1) is 0 Å². The molecule has 0 atom stereocenters. The predicted molar refractivity (Wildman–Crippen MR) is 70.1 cm³/mol. The summed E-state index contributed by atoms with van der Waals surface area (Å²) in [6.45, 7) is 2.17. The number of hydrogen-bond acceptors (Lipinski definition) is 3. The number of nitrogen functional groups attached to an aromatic ring is 1. The van der Waals surface area contributed by atoms with Gasteiger partial charge in [-0.05, 0) is 30.5 Å². The highest BCUT2D eigenvalue weighted by molar-refractivity contribution is 7.89. The Balaban J connectivity index is 2.70.